The van der Waals surface area contributed by atoms with E-state index in [0.29, 0.717) is 0 Å². The lowest BCUT2D eigenvalue weighted by Gasteiger charge is -2.31. The van der Waals surface area contributed by atoms with Crippen molar-refractivity contribution in [3.05, 3.63) is 22.7 Å². The van der Waals surface area contributed by atoms with E-state index in [1.54, 1.807) is 0 Å². The van der Waals surface area contributed by atoms with Crippen LogP contribution in [-0.4, -0.2) is 36.0 Å². The SMILES string of the molecule is CC1CN(c2n[nH]c3/c2=C\C=C\CC\C=3)CCO1. The smallest absolute Gasteiger partial charge is 0.158 e. The molecule has 1 unspecified atom stereocenters. The Balaban J connectivity index is 2.01. The minimum absolute atomic E-state index is 0.277. The van der Waals surface area contributed by atoms with Crippen molar-refractivity contribution >= 4 is 18.0 Å². The maximum atomic E-state index is 5.58. The number of ether oxygens (including phenoxy) is 1. The average Bonchev–Trinajstić information content (AvgIpc) is 2.71. The number of hydrogen-bond donors (Lipinski definition) is 1. The van der Waals surface area contributed by atoms with Crippen LogP contribution in [-0.2, 0) is 4.74 Å². The number of allylic oxidation sites excluding steroid dienone is 2. The summed E-state index contributed by atoms with van der Waals surface area (Å²) in [7, 11) is 0. The fourth-order valence-electron chi connectivity index (χ4n) is 2.51. The Kier molecular flexibility index (Phi) is 3.19. The predicted molar refractivity (Wildman–Crippen MR) is 72.8 cm³/mol. The maximum Gasteiger partial charge on any atom is 0.158 e. The number of morpholine rings is 1. The van der Waals surface area contributed by atoms with E-state index < -0.39 is 0 Å². The van der Waals surface area contributed by atoms with E-state index >= 15 is 0 Å². The molecule has 1 fully saturated rings. The van der Waals surface area contributed by atoms with E-state index in [0.717, 1.165) is 43.7 Å². The zero-order valence-electron chi connectivity index (χ0n) is 10.7. The van der Waals surface area contributed by atoms with Crippen LogP contribution < -0.4 is 15.5 Å². The van der Waals surface area contributed by atoms with Crippen LogP contribution in [0.3, 0.4) is 0 Å². The fourth-order valence-corrected chi connectivity index (χ4v) is 2.51. The quantitative estimate of drug-likeness (QED) is 0.785. The summed E-state index contributed by atoms with van der Waals surface area (Å²) in [6, 6.07) is 0. The average molecular weight is 245 g/mol. The third-order valence-electron chi connectivity index (χ3n) is 3.43. The summed E-state index contributed by atoms with van der Waals surface area (Å²) in [5.41, 5.74) is 0. The second-order valence-electron chi connectivity index (χ2n) is 4.88. The Hall–Kier alpha value is -1.55. The number of hydrogen-bond acceptors (Lipinski definition) is 3. The number of aromatic amines is 1. The van der Waals surface area contributed by atoms with Crippen LogP contribution in [0.5, 0.6) is 0 Å². The minimum atomic E-state index is 0.277. The molecule has 96 valence electrons. The molecule has 1 N–H and O–H groups in total. The second kappa shape index (κ2) is 4.98. The van der Waals surface area contributed by atoms with E-state index in [4.69, 9.17) is 4.74 Å². The number of aromatic nitrogens is 2. The lowest BCUT2D eigenvalue weighted by Crippen LogP contribution is -2.44. The first-order valence-electron chi connectivity index (χ1n) is 6.62. The highest BCUT2D eigenvalue weighted by Gasteiger charge is 2.19. The standard InChI is InChI=1S/C14H19N3O/c1-11-10-17(8-9-18-11)14-12-6-4-2-3-5-7-13(12)15-16-14/h2,4,6-7,11,15H,3,5,8-10H2,1H3/b4-2+,12-6+,13-7+. The van der Waals surface area contributed by atoms with Gasteiger partial charge in [-0.15, -0.1) is 0 Å². The monoisotopic (exact) mass is 245 g/mol. The van der Waals surface area contributed by atoms with Crippen LogP contribution in [0.1, 0.15) is 19.8 Å². The van der Waals surface area contributed by atoms with Gasteiger partial charge in [0.2, 0.25) is 0 Å². The van der Waals surface area contributed by atoms with Crippen LogP contribution >= 0.6 is 0 Å². The number of H-pyrrole nitrogens is 1. The molecule has 2 aliphatic rings. The Morgan fingerprint density at radius 2 is 2.39 bits per heavy atom. The van der Waals surface area contributed by atoms with Gasteiger partial charge in [0.05, 0.1) is 18.1 Å². The van der Waals surface area contributed by atoms with Gasteiger partial charge in [0.1, 0.15) is 0 Å². The van der Waals surface area contributed by atoms with Gasteiger partial charge in [0, 0.05) is 18.3 Å². The van der Waals surface area contributed by atoms with Crippen molar-refractivity contribution in [2.24, 2.45) is 0 Å². The van der Waals surface area contributed by atoms with Gasteiger partial charge in [-0.3, -0.25) is 5.10 Å². The lowest BCUT2D eigenvalue weighted by molar-refractivity contribution is 0.0529. The molecule has 1 aromatic heterocycles. The van der Waals surface area contributed by atoms with Crippen molar-refractivity contribution in [3.8, 4) is 0 Å². The highest BCUT2D eigenvalue weighted by atomic mass is 16.5. The first-order chi connectivity index (χ1) is 8.84. The van der Waals surface area contributed by atoms with Crippen molar-refractivity contribution < 1.29 is 4.74 Å². The van der Waals surface area contributed by atoms with Crippen LogP contribution in [0, 0.1) is 0 Å². The molecule has 0 saturated carbocycles. The van der Waals surface area contributed by atoms with Crippen LogP contribution in [0.25, 0.3) is 12.2 Å². The molecular weight excluding hydrogens is 226 g/mol. The molecule has 1 saturated heterocycles. The van der Waals surface area contributed by atoms with Crippen molar-refractivity contribution in [2.75, 3.05) is 24.6 Å². The summed E-state index contributed by atoms with van der Waals surface area (Å²) in [6.07, 6.45) is 11.2. The second-order valence-corrected chi connectivity index (χ2v) is 4.88. The van der Waals surface area contributed by atoms with Gasteiger partial charge in [-0.25, -0.2) is 0 Å². The number of fused-ring (bicyclic) bond motifs is 1. The summed E-state index contributed by atoms with van der Waals surface area (Å²) in [4.78, 5) is 2.31. The topological polar surface area (TPSA) is 41.2 Å². The van der Waals surface area contributed by atoms with Crippen molar-refractivity contribution in [1.82, 2.24) is 10.2 Å². The number of nitrogens with one attached hydrogen (secondary N) is 1. The highest BCUT2D eigenvalue weighted by Crippen LogP contribution is 2.10. The molecule has 0 amide bonds. The zero-order valence-corrected chi connectivity index (χ0v) is 10.7. The largest absolute Gasteiger partial charge is 0.375 e. The Bertz CT molecular complexity index is 558. The molecule has 1 atom stereocenters. The molecule has 0 aromatic carbocycles. The van der Waals surface area contributed by atoms with Gasteiger partial charge in [-0.1, -0.05) is 18.2 Å². The van der Waals surface area contributed by atoms with E-state index in [1.807, 2.05) is 0 Å². The van der Waals surface area contributed by atoms with Gasteiger partial charge in [0.15, 0.2) is 5.82 Å². The van der Waals surface area contributed by atoms with E-state index in [-0.39, 0.29) is 6.10 Å². The lowest BCUT2D eigenvalue weighted by atomic mass is 10.2. The van der Waals surface area contributed by atoms with Gasteiger partial charge in [-0.2, -0.15) is 5.10 Å². The molecule has 0 bridgehead atoms. The molecular formula is C14H19N3O. The Morgan fingerprint density at radius 1 is 1.44 bits per heavy atom. The first-order valence-corrected chi connectivity index (χ1v) is 6.62. The summed E-state index contributed by atoms with van der Waals surface area (Å²) in [5, 5.41) is 10.00. The van der Waals surface area contributed by atoms with Gasteiger partial charge in [0.25, 0.3) is 0 Å². The summed E-state index contributed by atoms with van der Waals surface area (Å²) in [6.45, 7) is 4.72. The molecule has 1 aliphatic heterocycles. The van der Waals surface area contributed by atoms with E-state index in [9.17, 15) is 0 Å². The molecule has 0 spiro atoms. The van der Waals surface area contributed by atoms with E-state index in [2.05, 4.69) is 46.3 Å². The van der Waals surface area contributed by atoms with E-state index in [1.165, 1.54) is 5.22 Å². The normalized spacial score (nSPS) is 29.2. The summed E-state index contributed by atoms with van der Waals surface area (Å²) in [5.74, 6) is 1.06. The van der Waals surface area contributed by atoms with Crippen LogP contribution in [0.15, 0.2) is 12.2 Å². The molecule has 1 aromatic rings. The summed E-state index contributed by atoms with van der Waals surface area (Å²) < 4.78 is 5.58. The molecule has 4 nitrogen and oxygen atoms in total. The zero-order chi connectivity index (χ0) is 12.4. The Labute approximate surface area is 107 Å². The van der Waals surface area contributed by atoms with Gasteiger partial charge >= 0.3 is 0 Å². The fraction of sp³-hybridized carbons (Fsp3) is 0.500. The highest BCUT2D eigenvalue weighted by molar-refractivity contribution is 5.51. The van der Waals surface area contributed by atoms with Gasteiger partial charge in [-0.05, 0) is 25.8 Å². The molecule has 4 heteroatoms. The Morgan fingerprint density at radius 3 is 3.28 bits per heavy atom. The third-order valence-corrected chi connectivity index (χ3v) is 3.43. The predicted octanol–water partition coefficient (Wildman–Crippen LogP) is 0.546. The van der Waals surface area contributed by atoms with Crippen molar-refractivity contribution in [3.63, 3.8) is 0 Å². The number of nitrogens with zero attached hydrogens (tertiary/aromatic N) is 2. The van der Waals surface area contributed by atoms with Crippen LogP contribution in [0.2, 0.25) is 0 Å². The van der Waals surface area contributed by atoms with Gasteiger partial charge < -0.3 is 9.64 Å². The van der Waals surface area contributed by atoms with Crippen molar-refractivity contribution in [1.29, 1.82) is 0 Å². The van der Waals surface area contributed by atoms with Crippen molar-refractivity contribution in [2.45, 2.75) is 25.9 Å². The molecule has 0 radical (unpaired) electrons. The molecule has 1 aliphatic carbocycles. The summed E-state index contributed by atoms with van der Waals surface area (Å²) >= 11 is 0. The molecule has 2 heterocycles. The van der Waals surface area contributed by atoms with Crippen LogP contribution in [0.4, 0.5) is 5.82 Å². The molecule has 3 rings (SSSR count). The molecule has 18 heavy (non-hydrogen) atoms. The third kappa shape index (κ3) is 2.20. The first kappa shape index (κ1) is 11.5. The number of anilines is 1. The number of rotatable bonds is 1. The minimum Gasteiger partial charge on any atom is -0.375 e. The maximum absolute atomic E-state index is 5.58.